The van der Waals surface area contributed by atoms with Crippen molar-refractivity contribution in [3.8, 4) is 0 Å². The van der Waals surface area contributed by atoms with Gasteiger partial charge in [0.05, 0.1) is 0 Å². The molecule has 0 aromatic rings. The smallest absolute Gasteiger partial charge is 0.00773 e. The van der Waals surface area contributed by atoms with E-state index in [1.54, 1.807) is 0 Å². The molecule has 1 nitrogen and oxygen atoms in total. The number of hydrogen-bond acceptors (Lipinski definition) is 1. The summed E-state index contributed by atoms with van der Waals surface area (Å²) in [5.74, 6) is 0.644. The standard InChI is InChI=1S/C12H25N/c1-5-11(12(2,3)4)9-7-6-8-10-13/h5,11H,1,6-10,13H2,2-4H3/t11-/m0/s1. The van der Waals surface area contributed by atoms with Gasteiger partial charge in [-0.2, -0.15) is 0 Å². The van der Waals surface area contributed by atoms with E-state index in [1.807, 2.05) is 0 Å². The van der Waals surface area contributed by atoms with Crippen LogP contribution in [0.25, 0.3) is 0 Å². The van der Waals surface area contributed by atoms with E-state index in [1.165, 1.54) is 19.3 Å². The van der Waals surface area contributed by atoms with Gasteiger partial charge in [0.15, 0.2) is 0 Å². The van der Waals surface area contributed by atoms with E-state index in [2.05, 4.69) is 33.4 Å². The molecule has 0 rings (SSSR count). The van der Waals surface area contributed by atoms with Crippen LogP contribution in [0.5, 0.6) is 0 Å². The van der Waals surface area contributed by atoms with Crippen molar-refractivity contribution in [2.45, 2.75) is 46.5 Å². The molecular weight excluding hydrogens is 158 g/mol. The zero-order valence-corrected chi connectivity index (χ0v) is 9.47. The second-order valence-electron chi connectivity index (χ2n) is 4.85. The Hall–Kier alpha value is -0.300. The van der Waals surface area contributed by atoms with Crippen LogP contribution in [0.2, 0.25) is 0 Å². The van der Waals surface area contributed by atoms with E-state index in [4.69, 9.17) is 5.73 Å². The summed E-state index contributed by atoms with van der Waals surface area (Å²) >= 11 is 0. The Labute approximate surface area is 83.4 Å². The van der Waals surface area contributed by atoms with Crippen LogP contribution >= 0.6 is 0 Å². The summed E-state index contributed by atoms with van der Waals surface area (Å²) in [6.07, 6.45) is 7.06. The van der Waals surface area contributed by atoms with Crippen LogP contribution < -0.4 is 5.73 Å². The van der Waals surface area contributed by atoms with Gasteiger partial charge in [-0.1, -0.05) is 39.7 Å². The summed E-state index contributed by atoms with van der Waals surface area (Å²) in [4.78, 5) is 0. The van der Waals surface area contributed by atoms with Crippen molar-refractivity contribution in [1.29, 1.82) is 0 Å². The molecule has 13 heavy (non-hydrogen) atoms. The minimum absolute atomic E-state index is 0.366. The number of rotatable bonds is 6. The lowest BCUT2D eigenvalue weighted by atomic mass is 9.78. The third-order valence-corrected chi connectivity index (χ3v) is 2.62. The molecular formula is C12H25N. The van der Waals surface area contributed by atoms with E-state index in [-0.39, 0.29) is 0 Å². The minimum Gasteiger partial charge on any atom is -0.330 e. The Morgan fingerprint density at radius 1 is 1.23 bits per heavy atom. The van der Waals surface area contributed by atoms with Crippen LogP contribution in [-0.4, -0.2) is 6.54 Å². The number of unbranched alkanes of at least 4 members (excludes halogenated alkanes) is 2. The molecule has 1 atom stereocenters. The molecule has 0 saturated carbocycles. The van der Waals surface area contributed by atoms with Gasteiger partial charge in [-0.25, -0.2) is 0 Å². The molecule has 0 spiro atoms. The minimum atomic E-state index is 0.366. The lowest BCUT2D eigenvalue weighted by molar-refractivity contribution is 0.272. The van der Waals surface area contributed by atoms with Gasteiger partial charge >= 0.3 is 0 Å². The fraction of sp³-hybridized carbons (Fsp3) is 0.833. The van der Waals surface area contributed by atoms with E-state index in [0.29, 0.717) is 11.3 Å². The van der Waals surface area contributed by atoms with Crippen molar-refractivity contribution in [2.75, 3.05) is 6.54 Å². The van der Waals surface area contributed by atoms with Crippen LogP contribution in [0, 0.1) is 11.3 Å². The highest BCUT2D eigenvalue weighted by atomic mass is 14.5. The largest absolute Gasteiger partial charge is 0.330 e. The molecule has 0 bridgehead atoms. The molecule has 1 heteroatoms. The van der Waals surface area contributed by atoms with E-state index in [9.17, 15) is 0 Å². The highest BCUT2D eigenvalue weighted by Gasteiger charge is 2.20. The van der Waals surface area contributed by atoms with Gasteiger partial charge in [0.25, 0.3) is 0 Å². The van der Waals surface area contributed by atoms with Crippen molar-refractivity contribution >= 4 is 0 Å². The van der Waals surface area contributed by atoms with E-state index in [0.717, 1.165) is 13.0 Å². The van der Waals surface area contributed by atoms with Crippen LogP contribution in [0.3, 0.4) is 0 Å². The summed E-state index contributed by atoms with van der Waals surface area (Å²) in [6.45, 7) is 11.6. The first kappa shape index (κ1) is 12.7. The highest BCUT2D eigenvalue weighted by molar-refractivity contribution is 4.87. The topological polar surface area (TPSA) is 26.0 Å². The average Bonchev–Trinajstić information content (AvgIpc) is 2.02. The van der Waals surface area contributed by atoms with Crippen LogP contribution in [-0.2, 0) is 0 Å². The molecule has 0 aliphatic heterocycles. The first-order valence-corrected chi connectivity index (χ1v) is 5.35. The molecule has 0 fully saturated rings. The SMILES string of the molecule is C=C[C@@H](CCCCCN)C(C)(C)C. The molecule has 0 aliphatic rings. The van der Waals surface area contributed by atoms with Crippen LogP contribution in [0.15, 0.2) is 12.7 Å². The van der Waals surface area contributed by atoms with Gasteiger partial charge in [-0.3, -0.25) is 0 Å². The predicted molar refractivity (Wildman–Crippen MR) is 60.7 cm³/mol. The van der Waals surface area contributed by atoms with Gasteiger partial charge in [0.2, 0.25) is 0 Å². The summed E-state index contributed by atoms with van der Waals surface area (Å²) in [7, 11) is 0. The monoisotopic (exact) mass is 183 g/mol. The fourth-order valence-electron chi connectivity index (χ4n) is 1.59. The second kappa shape index (κ2) is 6.20. The Kier molecular flexibility index (Phi) is 6.06. The first-order valence-electron chi connectivity index (χ1n) is 5.35. The molecule has 0 aliphatic carbocycles. The Balaban J connectivity index is 3.67. The van der Waals surface area contributed by atoms with Gasteiger partial charge in [-0.15, -0.1) is 6.58 Å². The predicted octanol–water partition coefficient (Wildman–Crippen LogP) is 3.35. The molecule has 0 amide bonds. The average molecular weight is 183 g/mol. The van der Waals surface area contributed by atoms with Crippen molar-refractivity contribution in [1.82, 2.24) is 0 Å². The lowest BCUT2D eigenvalue weighted by Gasteiger charge is -2.27. The molecule has 0 aromatic heterocycles. The summed E-state index contributed by atoms with van der Waals surface area (Å²) < 4.78 is 0. The summed E-state index contributed by atoms with van der Waals surface area (Å²) in [5, 5.41) is 0. The number of hydrogen-bond donors (Lipinski definition) is 1. The molecule has 0 unspecified atom stereocenters. The van der Waals surface area contributed by atoms with E-state index >= 15 is 0 Å². The second-order valence-corrected chi connectivity index (χ2v) is 4.85. The molecule has 0 saturated heterocycles. The Morgan fingerprint density at radius 3 is 2.23 bits per heavy atom. The van der Waals surface area contributed by atoms with Gasteiger partial charge in [0.1, 0.15) is 0 Å². The van der Waals surface area contributed by atoms with Crippen molar-refractivity contribution in [3.05, 3.63) is 12.7 Å². The molecule has 78 valence electrons. The van der Waals surface area contributed by atoms with Gasteiger partial charge in [-0.05, 0) is 30.7 Å². The lowest BCUT2D eigenvalue weighted by Crippen LogP contribution is -2.18. The van der Waals surface area contributed by atoms with Gasteiger partial charge in [0, 0.05) is 0 Å². The zero-order chi connectivity index (χ0) is 10.3. The maximum absolute atomic E-state index is 5.44. The third-order valence-electron chi connectivity index (χ3n) is 2.62. The first-order chi connectivity index (χ1) is 6.02. The highest BCUT2D eigenvalue weighted by Crippen LogP contribution is 2.30. The zero-order valence-electron chi connectivity index (χ0n) is 9.47. The van der Waals surface area contributed by atoms with Crippen molar-refractivity contribution in [3.63, 3.8) is 0 Å². The van der Waals surface area contributed by atoms with Crippen LogP contribution in [0.1, 0.15) is 46.5 Å². The summed E-state index contributed by atoms with van der Waals surface area (Å²) in [5.41, 5.74) is 5.81. The van der Waals surface area contributed by atoms with Crippen molar-refractivity contribution < 1.29 is 0 Å². The molecule has 2 N–H and O–H groups in total. The Bertz CT molecular complexity index is 133. The maximum Gasteiger partial charge on any atom is -0.00773 e. The molecule has 0 aromatic carbocycles. The quantitative estimate of drug-likeness (QED) is 0.496. The normalized spacial score (nSPS) is 14.2. The Morgan fingerprint density at radius 2 is 1.85 bits per heavy atom. The molecule has 0 radical (unpaired) electrons. The van der Waals surface area contributed by atoms with Gasteiger partial charge < -0.3 is 5.73 Å². The van der Waals surface area contributed by atoms with Crippen molar-refractivity contribution in [2.24, 2.45) is 17.1 Å². The van der Waals surface area contributed by atoms with E-state index < -0.39 is 0 Å². The molecule has 0 heterocycles. The number of nitrogens with two attached hydrogens (primary N) is 1. The maximum atomic E-state index is 5.44. The van der Waals surface area contributed by atoms with Crippen LogP contribution in [0.4, 0.5) is 0 Å². The number of allylic oxidation sites excluding steroid dienone is 1. The third kappa shape index (κ3) is 5.87. The summed E-state index contributed by atoms with van der Waals surface area (Å²) in [6, 6.07) is 0. The fourth-order valence-corrected chi connectivity index (χ4v) is 1.59.